The van der Waals surface area contributed by atoms with Crippen LogP contribution in [0, 0.1) is 6.92 Å². The van der Waals surface area contributed by atoms with Crippen LogP contribution in [0.4, 0.5) is 0 Å². The number of aryl methyl sites for hydroxylation is 1. The zero-order valence-electron chi connectivity index (χ0n) is 11.1. The van der Waals surface area contributed by atoms with Gasteiger partial charge in [-0.2, -0.15) is 0 Å². The first-order valence-corrected chi connectivity index (χ1v) is 7.06. The minimum absolute atomic E-state index is 0.275. The van der Waals surface area contributed by atoms with Crippen molar-refractivity contribution in [3.05, 3.63) is 69.2 Å². The highest BCUT2D eigenvalue weighted by Gasteiger charge is 2.05. The monoisotopic (exact) mass is 293 g/mol. The summed E-state index contributed by atoms with van der Waals surface area (Å²) in [4.78, 5) is 0. The van der Waals surface area contributed by atoms with E-state index in [1.807, 2.05) is 43.3 Å². The third-order valence-electron chi connectivity index (χ3n) is 3.22. The lowest BCUT2D eigenvalue weighted by Gasteiger charge is -2.15. The molecule has 0 aromatic heterocycles. The van der Waals surface area contributed by atoms with Crippen LogP contribution < -0.4 is 5.32 Å². The van der Waals surface area contributed by atoms with Crippen molar-refractivity contribution in [2.24, 2.45) is 0 Å². The largest absolute Gasteiger partial charge is 0.306 e. The van der Waals surface area contributed by atoms with Crippen LogP contribution in [0.15, 0.2) is 42.5 Å². The molecule has 3 heteroatoms. The molecule has 0 aliphatic rings. The molecule has 0 heterocycles. The van der Waals surface area contributed by atoms with Gasteiger partial charge in [-0.05, 0) is 48.7 Å². The molecule has 2 aromatic carbocycles. The van der Waals surface area contributed by atoms with E-state index in [0.29, 0.717) is 0 Å². The van der Waals surface area contributed by atoms with Crippen LogP contribution in [0.3, 0.4) is 0 Å². The topological polar surface area (TPSA) is 12.0 Å². The van der Waals surface area contributed by atoms with E-state index in [1.54, 1.807) is 0 Å². The Bertz CT molecular complexity index is 549. The second-order valence-electron chi connectivity index (χ2n) is 4.74. The Kier molecular flexibility index (Phi) is 4.87. The molecule has 0 aliphatic carbocycles. The zero-order valence-corrected chi connectivity index (χ0v) is 12.6. The van der Waals surface area contributed by atoms with Gasteiger partial charge >= 0.3 is 0 Å². The number of nitrogens with one attached hydrogen (secondary N) is 1. The Morgan fingerprint density at radius 2 is 1.74 bits per heavy atom. The molecule has 0 aliphatic heterocycles. The zero-order chi connectivity index (χ0) is 13.8. The van der Waals surface area contributed by atoms with Crippen LogP contribution in [0.25, 0.3) is 0 Å². The summed E-state index contributed by atoms with van der Waals surface area (Å²) in [6, 6.07) is 14.4. The molecule has 1 nitrogen and oxygen atoms in total. The van der Waals surface area contributed by atoms with Crippen LogP contribution in [0.5, 0.6) is 0 Å². The Morgan fingerprint density at radius 1 is 1.05 bits per heavy atom. The SMILES string of the molecule is Cc1ccc(CNC(C)c2ccc(Cl)cc2)cc1Cl. The van der Waals surface area contributed by atoms with E-state index < -0.39 is 0 Å². The fourth-order valence-corrected chi connectivity index (χ4v) is 2.22. The van der Waals surface area contributed by atoms with Crippen LogP contribution in [0.2, 0.25) is 10.0 Å². The lowest BCUT2D eigenvalue weighted by atomic mass is 10.1. The number of rotatable bonds is 4. The van der Waals surface area contributed by atoms with Gasteiger partial charge in [-0.15, -0.1) is 0 Å². The summed E-state index contributed by atoms with van der Waals surface area (Å²) in [7, 11) is 0. The summed E-state index contributed by atoms with van der Waals surface area (Å²) in [5, 5.41) is 5.06. The molecule has 0 radical (unpaired) electrons. The second kappa shape index (κ2) is 6.42. The van der Waals surface area contributed by atoms with E-state index in [9.17, 15) is 0 Å². The predicted molar refractivity (Wildman–Crippen MR) is 82.9 cm³/mol. The van der Waals surface area contributed by atoms with Gasteiger partial charge in [-0.1, -0.05) is 47.5 Å². The minimum Gasteiger partial charge on any atom is -0.306 e. The van der Waals surface area contributed by atoms with Crippen LogP contribution in [-0.4, -0.2) is 0 Å². The first-order valence-electron chi connectivity index (χ1n) is 6.30. The maximum absolute atomic E-state index is 6.12. The average Bonchev–Trinajstić information content (AvgIpc) is 2.40. The molecule has 19 heavy (non-hydrogen) atoms. The Morgan fingerprint density at radius 3 is 2.37 bits per heavy atom. The van der Waals surface area contributed by atoms with Gasteiger partial charge in [0.1, 0.15) is 0 Å². The fourth-order valence-electron chi connectivity index (χ4n) is 1.89. The molecule has 0 fully saturated rings. The van der Waals surface area contributed by atoms with E-state index in [-0.39, 0.29) is 6.04 Å². The number of benzene rings is 2. The number of hydrogen-bond acceptors (Lipinski definition) is 1. The van der Waals surface area contributed by atoms with Gasteiger partial charge in [-0.25, -0.2) is 0 Å². The van der Waals surface area contributed by atoms with E-state index in [0.717, 1.165) is 22.2 Å². The standard InChI is InChI=1S/C16H17Cl2N/c1-11-3-4-13(9-16(11)18)10-19-12(2)14-5-7-15(17)8-6-14/h3-9,12,19H,10H2,1-2H3. The van der Waals surface area contributed by atoms with Crippen molar-refractivity contribution in [1.82, 2.24) is 5.32 Å². The molecule has 1 N–H and O–H groups in total. The predicted octanol–water partition coefficient (Wildman–Crippen LogP) is 5.15. The molecule has 1 unspecified atom stereocenters. The van der Waals surface area contributed by atoms with Gasteiger partial charge in [0.15, 0.2) is 0 Å². The van der Waals surface area contributed by atoms with Gasteiger partial charge in [0.2, 0.25) is 0 Å². The third kappa shape index (κ3) is 3.97. The van der Waals surface area contributed by atoms with E-state index in [1.165, 1.54) is 11.1 Å². The average molecular weight is 294 g/mol. The van der Waals surface area contributed by atoms with Crippen LogP contribution in [-0.2, 0) is 6.54 Å². The quantitative estimate of drug-likeness (QED) is 0.822. The van der Waals surface area contributed by atoms with Crippen molar-refractivity contribution in [3.63, 3.8) is 0 Å². The molecule has 0 spiro atoms. The normalized spacial score (nSPS) is 12.4. The van der Waals surface area contributed by atoms with Crippen molar-refractivity contribution in [1.29, 1.82) is 0 Å². The lowest BCUT2D eigenvalue weighted by Crippen LogP contribution is -2.18. The Labute approximate surface area is 124 Å². The molecule has 0 saturated heterocycles. The van der Waals surface area contributed by atoms with Crippen LogP contribution >= 0.6 is 23.2 Å². The van der Waals surface area contributed by atoms with Gasteiger partial charge in [0, 0.05) is 22.6 Å². The second-order valence-corrected chi connectivity index (χ2v) is 5.58. The van der Waals surface area contributed by atoms with Gasteiger partial charge in [0.05, 0.1) is 0 Å². The molecule has 100 valence electrons. The summed E-state index contributed by atoms with van der Waals surface area (Å²) in [6.45, 7) is 4.94. The van der Waals surface area contributed by atoms with Gasteiger partial charge in [0.25, 0.3) is 0 Å². The highest BCUT2D eigenvalue weighted by molar-refractivity contribution is 6.31. The van der Waals surface area contributed by atoms with E-state index >= 15 is 0 Å². The molecule has 0 saturated carbocycles. The summed E-state index contributed by atoms with van der Waals surface area (Å²) in [5.41, 5.74) is 3.52. The maximum atomic E-state index is 6.12. The third-order valence-corrected chi connectivity index (χ3v) is 3.88. The molecule has 0 bridgehead atoms. The molecule has 1 atom stereocenters. The number of hydrogen-bond donors (Lipinski definition) is 1. The first-order chi connectivity index (χ1) is 9.06. The smallest absolute Gasteiger partial charge is 0.0438 e. The van der Waals surface area contributed by atoms with Gasteiger partial charge in [-0.3, -0.25) is 0 Å². The van der Waals surface area contributed by atoms with Crippen molar-refractivity contribution in [2.45, 2.75) is 26.4 Å². The minimum atomic E-state index is 0.275. The fraction of sp³-hybridized carbons (Fsp3) is 0.250. The molecule has 2 rings (SSSR count). The van der Waals surface area contributed by atoms with E-state index in [2.05, 4.69) is 18.3 Å². The summed E-state index contributed by atoms with van der Waals surface area (Å²) in [5.74, 6) is 0. The number of halogens is 2. The highest BCUT2D eigenvalue weighted by Crippen LogP contribution is 2.19. The Balaban J connectivity index is 1.98. The van der Waals surface area contributed by atoms with Gasteiger partial charge < -0.3 is 5.32 Å². The Hall–Kier alpha value is -1.02. The molecular weight excluding hydrogens is 277 g/mol. The first kappa shape index (κ1) is 14.4. The van der Waals surface area contributed by atoms with Crippen molar-refractivity contribution < 1.29 is 0 Å². The van der Waals surface area contributed by atoms with E-state index in [4.69, 9.17) is 23.2 Å². The highest BCUT2D eigenvalue weighted by atomic mass is 35.5. The molecular formula is C16H17Cl2N. The lowest BCUT2D eigenvalue weighted by molar-refractivity contribution is 0.575. The summed E-state index contributed by atoms with van der Waals surface area (Å²) < 4.78 is 0. The molecule has 0 amide bonds. The maximum Gasteiger partial charge on any atom is 0.0438 e. The van der Waals surface area contributed by atoms with Crippen LogP contribution in [0.1, 0.15) is 29.7 Å². The van der Waals surface area contributed by atoms with Crippen molar-refractivity contribution in [2.75, 3.05) is 0 Å². The summed E-state index contributed by atoms with van der Waals surface area (Å²) in [6.07, 6.45) is 0. The van der Waals surface area contributed by atoms with Crippen molar-refractivity contribution in [3.8, 4) is 0 Å². The molecule has 2 aromatic rings. The summed E-state index contributed by atoms with van der Waals surface area (Å²) >= 11 is 12.0. The van der Waals surface area contributed by atoms with Crippen molar-refractivity contribution >= 4 is 23.2 Å².